The van der Waals surface area contributed by atoms with E-state index in [1.54, 1.807) is 0 Å². The van der Waals surface area contributed by atoms with Crippen molar-refractivity contribution in [3.63, 3.8) is 0 Å². The number of hydrogen-bond donors (Lipinski definition) is 2. The molecule has 1 aliphatic rings. The first kappa shape index (κ1) is 23.1. The molecular weight excluding hydrogens is 493 g/mol. The number of benzene rings is 2. The molecule has 0 bridgehead atoms. The second-order valence-electron chi connectivity index (χ2n) is 7.19. The normalized spacial score (nSPS) is 14.0. The Bertz CT molecular complexity index is 1420. The van der Waals surface area contributed by atoms with E-state index < -0.39 is 37.0 Å². The number of thiazole rings is 1. The third-order valence-electron chi connectivity index (χ3n) is 4.75. The standard InChI is InChI=1S/C20H18FN3O6S3/c1-30-17-10-13(19(25)24-32(26,27)15-7-8-15)4-9-16(17)23-33(28,29)18-11-22-20(31-18)12-2-5-14(21)6-3-12/h2-6,9-11,15,23H,7-8H2,1H3,(H,24,25). The van der Waals surface area contributed by atoms with Crippen molar-refractivity contribution in [3.05, 3.63) is 60.0 Å². The highest BCUT2D eigenvalue weighted by Crippen LogP contribution is 2.32. The SMILES string of the molecule is COc1cc(C(=O)NS(=O)(=O)C2CC2)ccc1NS(=O)(=O)c1cnc(-c2ccc(F)cc2)s1. The number of ether oxygens (including phenoxy) is 1. The summed E-state index contributed by atoms with van der Waals surface area (Å²) in [6.45, 7) is 0. The predicted molar refractivity (Wildman–Crippen MR) is 121 cm³/mol. The number of hydrogen-bond acceptors (Lipinski definition) is 8. The molecule has 2 aromatic carbocycles. The summed E-state index contributed by atoms with van der Waals surface area (Å²) in [6.07, 6.45) is 2.20. The zero-order valence-electron chi connectivity index (χ0n) is 17.1. The maximum atomic E-state index is 13.1. The number of carbonyl (C=O) groups is 1. The van der Waals surface area contributed by atoms with Crippen LogP contribution in [0.15, 0.2) is 52.9 Å². The topological polar surface area (TPSA) is 132 Å². The Hall–Kier alpha value is -3.03. The van der Waals surface area contributed by atoms with E-state index in [1.807, 2.05) is 4.72 Å². The summed E-state index contributed by atoms with van der Waals surface area (Å²) in [4.78, 5) is 16.4. The Morgan fingerprint density at radius 2 is 1.82 bits per heavy atom. The van der Waals surface area contributed by atoms with Gasteiger partial charge in [-0.1, -0.05) is 0 Å². The Balaban J connectivity index is 1.54. The third-order valence-corrected chi connectivity index (χ3v) is 9.44. The molecule has 1 aromatic heterocycles. The van der Waals surface area contributed by atoms with Crippen LogP contribution in [0.2, 0.25) is 0 Å². The van der Waals surface area contributed by atoms with Gasteiger partial charge in [-0.2, -0.15) is 0 Å². The fourth-order valence-electron chi connectivity index (χ4n) is 2.87. The van der Waals surface area contributed by atoms with E-state index >= 15 is 0 Å². The molecule has 0 aliphatic heterocycles. The van der Waals surface area contributed by atoms with Crippen molar-refractivity contribution in [1.29, 1.82) is 0 Å². The minimum Gasteiger partial charge on any atom is -0.495 e. The Morgan fingerprint density at radius 1 is 1.12 bits per heavy atom. The van der Waals surface area contributed by atoms with Gasteiger partial charge >= 0.3 is 0 Å². The predicted octanol–water partition coefficient (Wildman–Crippen LogP) is 2.98. The lowest BCUT2D eigenvalue weighted by Gasteiger charge is -2.12. The summed E-state index contributed by atoms with van der Waals surface area (Å²) in [5.74, 6) is -1.22. The van der Waals surface area contributed by atoms with Crippen LogP contribution in [0.5, 0.6) is 5.75 Å². The molecule has 9 nitrogen and oxygen atoms in total. The lowest BCUT2D eigenvalue weighted by atomic mass is 10.2. The Labute approximate surface area is 193 Å². The first-order chi connectivity index (χ1) is 15.6. The number of amides is 1. The summed E-state index contributed by atoms with van der Waals surface area (Å²) in [5.41, 5.74) is 0.614. The monoisotopic (exact) mass is 511 g/mol. The number of anilines is 1. The van der Waals surface area contributed by atoms with Gasteiger partial charge in [0.15, 0.2) is 4.21 Å². The Kier molecular flexibility index (Phi) is 6.12. The van der Waals surface area contributed by atoms with Crippen LogP contribution >= 0.6 is 11.3 Å². The molecule has 0 saturated heterocycles. The summed E-state index contributed by atoms with van der Waals surface area (Å²) < 4.78 is 72.3. The quantitative estimate of drug-likeness (QED) is 0.475. The van der Waals surface area contributed by atoms with Crippen LogP contribution in [0, 0.1) is 5.82 Å². The molecule has 0 spiro atoms. The van der Waals surface area contributed by atoms with Crippen molar-refractivity contribution >= 4 is 43.0 Å². The van der Waals surface area contributed by atoms with Gasteiger partial charge in [-0.3, -0.25) is 9.52 Å². The average Bonchev–Trinajstić information content (AvgIpc) is 3.52. The molecule has 4 rings (SSSR count). The summed E-state index contributed by atoms with van der Waals surface area (Å²) in [7, 11) is -6.49. The second-order valence-corrected chi connectivity index (χ2v) is 12.1. The molecule has 0 atom stereocenters. The average molecular weight is 512 g/mol. The van der Waals surface area contributed by atoms with Gasteiger partial charge in [-0.25, -0.2) is 30.9 Å². The Morgan fingerprint density at radius 3 is 2.45 bits per heavy atom. The number of aromatic nitrogens is 1. The van der Waals surface area contributed by atoms with E-state index in [-0.39, 0.29) is 21.2 Å². The van der Waals surface area contributed by atoms with Crippen LogP contribution in [0.25, 0.3) is 10.6 Å². The first-order valence-corrected chi connectivity index (χ1v) is 13.4. The molecule has 33 heavy (non-hydrogen) atoms. The molecule has 3 aromatic rings. The molecule has 1 fully saturated rings. The van der Waals surface area contributed by atoms with Gasteiger partial charge in [0.25, 0.3) is 15.9 Å². The highest BCUT2D eigenvalue weighted by atomic mass is 32.2. The van der Waals surface area contributed by atoms with Crippen LogP contribution in [0.4, 0.5) is 10.1 Å². The van der Waals surface area contributed by atoms with E-state index in [9.17, 15) is 26.0 Å². The molecule has 1 saturated carbocycles. The van der Waals surface area contributed by atoms with E-state index in [0.29, 0.717) is 23.4 Å². The fourth-order valence-corrected chi connectivity index (χ4v) is 6.38. The van der Waals surface area contributed by atoms with Crippen LogP contribution in [0.1, 0.15) is 23.2 Å². The van der Waals surface area contributed by atoms with Gasteiger partial charge in [0.2, 0.25) is 10.0 Å². The van der Waals surface area contributed by atoms with E-state index in [1.165, 1.54) is 55.8 Å². The van der Waals surface area contributed by atoms with Gasteiger partial charge in [0, 0.05) is 11.1 Å². The minimum absolute atomic E-state index is 0.00425. The van der Waals surface area contributed by atoms with Crippen LogP contribution in [-0.2, 0) is 20.0 Å². The van der Waals surface area contributed by atoms with E-state index in [4.69, 9.17) is 4.74 Å². The maximum Gasteiger partial charge on any atom is 0.273 e. The van der Waals surface area contributed by atoms with Gasteiger partial charge in [0.05, 0.1) is 24.2 Å². The highest BCUT2D eigenvalue weighted by molar-refractivity contribution is 7.94. The highest BCUT2D eigenvalue weighted by Gasteiger charge is 2.37. The van der Waals surface area contributed by atoms with E-state index in [0.717, 1.165) is 11.3 Å². The van der Waals surface area contributed by atoms with Crippen molar-refractivity contribution in [2.24, 2.45) is 0 Å². The second kappa shape index (κ2) is 8.72. The summed E-state index contributed by atoms with van der Waals surface area (Å²) in [6, 6.07) is 9.32. The number of methoxy groups -OCH3 is 1. The van der Waals surface area contributed by atoms with Crippen molar-refractivity contribution < 1.29 is 30.8 Å². The van der Waals surface area contributed by atoms with Gasteiger partial charge < -0.3 is 4.74 Å². The number of nitrogens with zero attached hydrogens (tertiary/aromatic N) is 1. The van der Waals surface area contributed by atoms with Crippen molar-refractivity contribution in [1.82, 2.24) is 9.71 Å². The fraction of sp³-hybridized carbons (Fsp3) is 0.200. The van der Waals surface area contributed by atoms with E-state index in [2.05, 4.69) is 9.71 Å². The molecule has 13 heteroatoms. The molecule has 1 aliphatic carbocycles. The molecule has 174 valence electrons. The van der Waals surface area contributed by atoms with Gasteiger partial charge in [-0.15, -0.1) is 11.3 Å². The number of sulfonamides is 2. The molecule has 1 amide bonds. The molecule has 0 radical (unpaired) electrons. The maximum absolute atomic E-state index is 13.1. The molecule has 2 N–H and O–H groups in total. The summed E-state index contributed by atoms with van der Waals surface area (Å²) in [5, 5.41) is -0.167. The van der Waals surface area contributed by atoms with Gasteiger partial charge in [0.1, 0.15) is 16.6 Å². The molecular formula is C20H18FN3O6S3. The zero-order valence-corrected chi connectivity index (χ0v) is 19.6. The smallest absolute Gasteiger partial charge is 0.273 e. The van der Waals surface area contributed by atoms with Crippen molar-refractivity contribution in [2.45, 2.75) is 22.3 Å². The van der Waals surface area contributed by atoms with Crippen molar-refractivity contribution in [3.8, 4) is 16.3 Å². The third kappa shape index (κ3) is 5.15. The van der Waals surface area contributed by atoms with Crippen LogP contribution < -0.4 is 14.2 Å². The number of halogens is 1. The largest absolute Gasteiger partial charge is 0.495 e. The lowest BCUT2D eigenvalue weighted by Crippen LogP contribution is -2.33. The number of rotatable bonds is 8. The molecule has 1 heterocycles. The van der Waals surface area contributed by atoms with Crippen LogP contribution in [0.3, 0.4) is 0 Å². The molecule has 0 unspecified atom stereocenters. The number of nitrogens with one attached hydrogen (secondary N) is 2. The first-order valence-electron chi connectivity index (χ1n) is 9.57. The minimum atomic E-state index is -4.05. The lowest BCUT2D eigenvalue weighted by molar-refractivity contribution is 0.0981. The number of carbonyl (C=O) groups excluding carboxylic acids is 1. The van der Waals surface area contributed by atoms with Crippen molar-refractivity contribution in [2.75, 3.05) is 11.8 Å². The van der Waals surface area contributed by atoms with Crippen LogP contribution in [-0.4, -0.2) is 40.1 Å². The summed E-state index contributed by atoms with van der Waals surface area (Å²) >= 11 is 0.899. The van der Waals surface area contributed by atoms with Gasteiger partial charge in [-0.05, 0) is 55.3 Å². The zero-order chi connectivity index (χ0) is 23.8.